The maximum atomic E-state index is 11.9. The summed E-state index contributed by atoms with van der Waals surface area (Å²) in [6.45, 7) is 6.18. The highest BCUT2D eigenvalue weighted by molar-refractivity contribution is 6.51. The zero-order chi connectivity index (χ0) is 12.6. The summed E-state index contributed by atoms with van der Waals surface area (Å²) in [6, 6.07) is 2.06. The lowest BCUT2D eigenvalue weighted by molar-refractivity contribution is -0.115. The van der Waals surface area contributed by atoms with Crippen molar-refractivity contribution in [3.8, 4) is 0 Å². The van der Waals surface area contributed by atoms with Crippen LogP contribution in [0.3, 0.4) is 0 Å². The lowest BCUT2D eigenvalue weighted by atomic mass is 9.91. The summed E-state index contributed by atoms with van der Waals surface area (Å²) < 4.78 is 0. The van der Waals surface area contributed by atoms with Crippen LogP contribution in [0, 0.1) is 0 Å². The number of hydrogen-bond donors (Lipinski definition) is 0. The van der Waals surface area contributed by atoms with Gasteiger partial charge in [0, 0.05) is 18.2 Å². The van der Waals surface area contributed by atoms with E-state index < -0.39 is 0 Å². The van der Waals surface area contributed by atoms with Crippen LogP contribution in [0.2, 0.25) is 0 Å². The van der Waals surface area contributed by atoms with Gasteiger partial charge in [-0.2, -0.15) is 0 Å². The van der Waals surface area contributed by atoms with Gasteiger partial charge in [0.25, 0.3) is 0 Å². The average Bonchev–Trinajstić information content (AvgIpc) is 2.28. The van der Waals surface area contributed by atoms with E-state index in [9.17, 15) is 4.79 Å². The fraction of sp³-hybridized carbons (Fsp3) is 0.429. The van der Waals surface area contributed by atoms with Crippen molar-refractivity contribution in [1.29, 1.82) is 0 Å². The van der Waals surface area contributed by atoms with E-state index >= 15 is 0 Å². The van der Waals surface area contributed by atoms with Gasteiger partial charge in [-0.1, -0.05) is 38.4 Å². The van der Waals surface area contributed by atoms with Crippen molar-refractivity contribution in [3.05, 3.63) is 34.7 Å². The average molecular weight is 250 g/mol. The van der Waals surface area contributed by atoms with Crippen LogP contribution in [0.4, 0.5) is 0 Å². The molecule has 0 bridgehead atoms. The molecule has 1 aliphatic carbocycles. The number of nitrogens with zero attached hydrogens (tertiary/aromatic N) is 1. The number of fused-ring (bicyclic) bond motifs is 1. The summed E-state index contributed by atoms with van der Waals surface area (Å²) in [6.07, 6.45) is 2.96. The summed E-state index contributed by atoms with van der Waals surface area (Å²) in [4.78, 5) is 16.3. The molecule has 1 aromatic rings. The van der Waals surface area contributed by atoms with Crippen LogP contribution in [0.25, 0.3) is 5.03 Å². The Morgan fingerprint density at radius 2 is 2.18 bits per heavy atom. The normalized spacial score (nSPS) is 15.5. The Bertz CT molecular complexity index is 503. The van der Waals surface area contributed by atoms with E-state index in [2.05, 4.69) is 24.9 Å². The first-order valence-electron chi connectivity index (χ1n) is 5.95. The molecule has 1 aliphatic rings. The van der Waals surface area contributed by atoms with Crippen molar-refractivity contribution >= 4 is 22.4 Å². The first-order chi connectivity index (χ1) is 8.04. The van der Waals surface area contributed by atoms with Gasteiger partial charge in [-0.25, -0.2) is 0 Å². The monoisotopic (exact) mass is 249 g/mol. The molecule has 0 fully saturated rings. The molecule has 2 nitrogen and oxygen atoms in total. The molecule has 17 heavy (non-hydrogen) atoms. The maximum Gasteiger partial charge on any atom is 0.164 e. The second-order valence-electron chi connectivity index (χ2n) is 4.68. The Hall–Kier alpha value is -1.15. The topological polar surface area (TPSA) is 30.0 Å². The summed E-state index contributed by atoms with van der Waals surface area (Å²) in [7, 11) is 0. The zero-order valence-electron chi connectivity index (χ0n) is 10.4. The summed E-state index contributed by atoms with van der Waals surface area (Å²) in [5.74, 6) is 0.547. The number of carbonyl (C=O) groups is 1. The Morgan fingerprint density at radius 3 is 2.76 bits per heavy atom. The van der Waals surface area contributed by atoms with E-state index in [0.717, 1.165) is 16.8 Å². The van der Waals surface area contributed by atoms with Gasteiger partial charge >= 0.3 is 0 Å². The highest BCUT2D eigenvalue weighted by atomic mass is 35.5. The number of aromatic nitrogens is 1. The van der Waals surface area contributed by atoms with Gasteiger partial charge in [0.15, 0.2) is 5.78 Å². The van der Waals surface area contributed by atoms with Crippen LogP contribution in [0.1, 0.15) is 49.9 Å². The number of carbonyl (C=O) groups excluding carboxylic acids is 1. The van der Waals surface area contributed by atoms with Gasteiger partial charge < -0.3 is 0 Å². The Kier molecular flexibility index (Phi) is 3.34. The molecule has 1 heterocycles. The first-order valence-corrected chi connectivity index (χ1v) is 6.33. The number of allylic oxidation sites excluding steroid dienone is 1. The van der Waals surface area contributed by atoms with Crippen molar-refractivity contribution in [2.24, 2.45) is 0 Å². The Morgan fingerprint density at radius 1 is 1.47 bits per heavy atom. The van der Waals surface area contributed by atoms with Crippen molar-refractivity contribution in [2.45, 2.75) is 39.5 Å². The number of rotatable bonds is 2. The van der Waals surface area contributed by atoms with Crippen LogP contribution < -0.4 is 0 Å². The second kappa shape index (κ2) is 4.61. The van der Waals surface area contributed by atoms with Crippen molar-refractivity contribution in [3.63, 3.8) is 0 Å². The molecule has 0 amide bonds. The highest BCUT2D eigenvalue weighted by Crippen LogP contribution is 2.33. The summed E-state index contributed by atoms with van der Waals surface area (Å²) >= 11 is 6.24. The molecule has 0 radical (unpaired) electrons. The van der Waals surface area contributed by atoms with Crippen molar-refractivity contribution in [1.82, 2.24) is 4.98 Å². The molecular weight excluding hydrogens is 234 g/mol. The molecule has 0 saturated carbocycles. The predicted octanol–water partition coefficient (Wildman–Crippen LogP) is 3.69. The molecule has 90 valence electrons. The van der Waals surface area contributed by atoms with Gasteiger partial charge in [-0.15, -0.1) is 0 Å². The minimum atomic E-state index is 0.132. The van der Waals surface area contributed by atoms with Gasteiger partial charge in [-0.05, 0) is 23.5 Å². The maximum absolute atomic E-state index is 11.9. The third-order valence-corrected chi connectivity index (χ3v) is 3.58. The van der Waals surface area contributed by atoms with Gasteiger partial charge in [0.1, 0.15) is 0 Å². The van der Waals surface area contributed by atoms with Gasteiger partial charge in [0.2, 0.25) is 0 Å². The molecule has 3 heteroatoms. The second-order valence-corrected chi connectivity index (χ2v) is 5.06. The third kappa shape index (κ3) is 2.14. The molecule has 0 unspecified atom stereocenters. The highest BCUT2D eigenvalue weighted by Gasteiger charge is 2.24. The van der Waals surface area contributed by atoms with Crippen LogP contribution in [0.15, 0.2) is 17.8 Å². The standard InChI is InChI=1S/C14H16ClNO/c1-4-11-12(17)6-9-5-10(8(2)3)7-16-14(9)13(11)15/h5,7-8H,4,6H2,1-3H3. The minimum absolute atomic E-state index is 0.132. The number of Topliss-reactive ketones (excluding diaryl/α,β-unsaturated/α-hetero) is 1. The fourth-order valence-corrected chi connectivity index (χ4v) is 2.48. The lowest BCUT2D eigenvalue weighted by Gasteiger charge is -2.18. The minimum Gasteiger partial charge on any atom is -0.294 e. The van der Waals surface area contributed by atoms with Crippen molar-refractivity contribution in [2.75, 3.05) is 0 Å². The van der Waals surface area contributed by atoms with Crippen LogP contribution in [-0.4, -0.2) is 10.8 Å². The molecule has 1 aromatic heterocycles. The number of ketones is 1. The van der Waals surface area contributed by atoms with Crippen LogP contribution >= 0.6 is 11.6 Å². The number of halogens is 1. The molecule has 0 N–H and O–H groups in total. The van der Waals surface area contributed by atoms with E-state index in [4.69, 9.17) is 11.6 Å². The SMILES string of the molecule is CCC1=C(Cl)c2ncc(C(C)C)cc2CC1=O. The lowest BCUT2D eigenvalue weighted by Crippen LogP contribution is -2.15. The van der Waals surface area contributed by atoms with Crippen LogP contribution in [0.5, 0.6) is 0 Å². The third-order valence-electron chi connectivity index (χ3n) is 3.17. The summed E-state index contributed by atoms with van der Waals surface area (Å²) in [5, 5.41) is 0.536. The summed E-state index contributed by atoms with van der Waals surface area (Å²) in [5.41, 5.74) is 3.61. The van der Waals surface area contributed by atoms with E-state index in [-0.39, 0.29) is 5.78 Å². The molecule has 0 aromatic carbocycles. The number of hydrogen-bond acceptors (Lipinski definition) is 2. The smallest absolute Gasteiger partial charge is 0.164 e. The first kappa shape index (κ1) is 12.3. The van der Waals surface area contributed by atoms with E-state index in [1.807, 2.05) is 13.1 Å². The molecule has 0 aliphatic heterocycles. The molecule has 0 spiro atoms. The van der Waals surface area contributed by atoms with Gasteiger partial charge in [-0.3, -0.25) is 9.78 Å². The molecule has 0 atom stereocenters. The van der Waals surface area contributed by atoms with Gasteiger partial charge in [0.05, 0.1) is 10.7 Å². The predicted molar refractivity (Wildman–Crippen MR) is 70.1 cm³/mol. The number of pyridine rings is 1. The van der Waals surface area contributed by atoms with E-state index in [1.165, 1.54) is 0 Å². The van der Waals surface area contributed by atoms with E-state index in [0.29, 0.717) is 29.4 Å². The van der Waals surface area contributed by atoms with E-state index in [1.54, 1.807) is 0 Å². The molecular formula is C14H16ClNO. The van der Waals surface area contributed by atoms with Crippen LogP contribution in [-0.2, 0) is 11.2 Å². The largest absolute Gasteiger partial charge is 0.294 e. The molecule has 0 saturated heterocycles. The quantitative estimate of drug-likeness (QED) is 0.800. The zero-order valence-corrected chi connectivity index (χ0v) is 11.1. The van der Waals surface area contributed by atoms with Crippen molar-refractivity contribution < 1.29 is 4.79 Å². The molecule has 2 rings (SSSR count). The Labute approximate surface area is 107 Å². The Balaban J connectivity index is 2.54. The fourth-order valence-electron chi connectivity index (χ4n) is 2.07.